The highest BCUT2D eigenvalue weighted by Gasteiger charge is 2.27. The topological polar surface area (TPSA) is 97.6 Å². The van der Waals surface area contributed by atoms with E-state index in [9.17, 15) is 13.2 Å². The van der Waals surface area contributed by atoms with E-state index in [0.29, 0.717) is 13.2 Å². The third-order valence-corrected chi connectivity index (χ3v) is 5.35. The molecule has 0 radical (unpaired) electrons. The summed E-state index contributed by atoms with van der Waals surface area (Å²) in [5.74, 6) is -0.924. The van der Waals surface area contributed by atoms with Gasteiger partial charge in [-0.1, -0.05) is 0 Å². The van der Waals surface area contributed by atoms with E-state index in [0.717, 1.165) is 12.8 Å². The number of aryl methyl sites for hydroxylation is 1. The lowest BCUT2D eigenvalue weighted by Crippen LogP contribution is -2.40. The predicted molar refractivity (Wildman–Crippen MR) is 75.7 cm³/mol. The second kappa shape index (κ2) is 6.17. The van der Waals surface area contributed by atoms with Crippen molar-refractivity contribution in [3.05, 3.63) is 18.0 Å². The van der Waals surface area contributed by atoms with E-state index in [2.05, 4.69) is 4.72 Å². The number of carbonyl (C=O) groups is 1. The predicted octanol–water partition coefficient (Wildman–Crippen LogP) is 0.817. The lowest BCUT2D eigenvalue weighted by Gasteiger charge is -2.28. The highest BCUT2D eigenvalue weighted by Crippen LogP contribution is 2.21. The van der Waals surface area contributed by atoms with E-state index in [-0.39, 0.29) is 22.5 Å². The van der Waals surface area contributed by atoms with Crippen molar-refractivity contribution in [1.82, 2.24) is 9.29 Å². The van der Waals surface area contributed by atoms with Crippen LogP contribution in [0.3, 0.4) is 0 Å². The molecule has 0 saturated carbocycles. The molecule has 1 aromatic rings. The van der Waals surface area contributed by atoms with Crippen molar-refractivity contribution in [3.63, 3.8) is 0 Å². The number of rotatable bonds is 5. The lowest BCUT2D eigenvalue weighted by atomic mass is 9.94. The number of carboxylic acid groups (broad SMARTS) is 1. The molecule has 1 saturated heterocycles. The fourth-order valence-corrected chi connectivity index (χ4v) is 3.90. The summed E-state index contributed by atoms with van der Waals surface area (Å²) in [4.78, 5) is 11.0. The molecule has 7 nitrogen and oxygen atoms in total. The first-order valence-corrected chi connectivity index (χ1v) is 8.29. The Labute approximate surface area is 124 Å². The van der Waals surface area contributed by atoms with E-state index >= 15 is 0 Å². The van der Waals surface area contributed by atoms with Gasteiger partial charge in [0, 0.05) is 32.5 Å². The van der Waals surface area contributed by atoms with Crippen LogP contribution < -0.4 is 4.72 Å². The fourth-order valence-electron chi connectivity index (χ4n) is 2.52. The Kier molecular flexibility index (Phi) is 4.70. The van der Waals surface area contributed by atoms with Crippen molar-refractivity contribution >= 4 is 16.0 Å². The van der Waals surface area contributed by atoms with E-state index in [1.165, 1.54) is 23.9 Å². The van der Waals surface area contributed by atoms with Gasteiger partial charge in [-0.3, -0.25) is 0 Å². The van der Waals surface area contributed by atoms with Crippen molar-refractivity contribution in [1.29, 1.82) is 0 Å². The number of ether oxygens (including phenoxy) is 1. The molecule has 0 aliphatic carbocycles. The number of nitrogens with zero attached hydrogens (tertiary/aromatic N) is 1. The molecule has 1 aliphatic heterocycles. The molecule has 0 aromatic carbocycles. The minimum atomic E-state index is -3.72. The first-order chi connectivity index (χ1) is 9.81. The molecule has 2 rings (SSSR count). The highest BCUT2D eigenvalue weighted by atomic mass is 32.2. The van der Waals surface area contributed by atoms with Crippen LogP contribution in [0.25, 0.3) is 0 Å². The van der Waals surface area contributed by atoms with Gasteiger partial charge in [-0.25, -0.2) is 17.9 Å². The Morgan fingerprint density at radius 3 is 2.62 bits per heavy atom. The van der Waals surface area contributed by atoms with Gasteiger partial charge < -0.3 is 14.4 Å². The van der Waals surface area contributed by atoms with Crippen LogP contribution in [0.15, 0.2) is 17.2 Å². The Bertz CT molecular complexity index is 617. The standard InChI is InChI=1S/C13H20N2O5S/c1-9(10-3-5-20-6-4-10)14-21(18,19)11-7-12(13(16)17)15(2)8-11/h7-10,14H,3-6H2,1-2H3,(H,16,17). The van der Waals surface area contributed by atoms with Crippen LogP contribution in [0.4, 0.5) is 0 Å². The summed E-state index contributed by atoms with van der Waals surface area (Å²) in [5, 5.41) is 8.98. The number of aromatic carboxylic acids is 1. The molecule has 2 heterocycles. The molecule has 1 atom stereocenters. The summed E-state index contributed by atoms with van der Waals surface area (Å²) in [6.45, 7) is 3.12. The molecule has 8 heteroatoms. The van der Waals surface area contributed by atoms with E-state index in [1.807, 2.05) is 6.92 Å². The van der Waals surface area contributed by atoms with E-state index in [4.69, 9.17) is 9.84 Å². The summed E-state index contributed by atoms with van der Waals surface area (Å²) in [6.07, 6.45) is 2.94. The summed E-state index contributed by atoms with van der Waals surface area (Å²) in [5.41, 5.74) is -0.0610. The van der Waals surface area contributed by atoms with Crippen LogP contribution in [-0.4, -0.2) is 43.3 Å². The molecule has 21 heavy (non-hydrogen) atoms. The van der Waals surface area contributed by atoms with Gasteiger partial charge in [-0.2, -0.15) is 0 Å². The van der Waals surface area contributed by atoms with Gasteiger partial charge >= 0.3 is 5.97 Å². The van der Waals surface area contributed by atoms with Crippen LogP contribution in [0.5, 0.6) is 0 Å². The molecule has 1 unspecified atom stereocenters. The van der Waals surface area contributed by atoms with Crippen molar-refractivity contribution < 1.29 is 23.1 Å². The molecule has 0 bridgehead atoms. The number of sulfonamides is 1. The first-order valence-electron chi connectivity index (χ1n) is 6.81. The van der Waals surface area contributed by atoms with Gasteiger partial charge in [-0.15, -0.1) is 0 Å². The zero-order valence-electron chi connectivity index (χ0n) is 12.1. The van der Waals surface area contributed by atoms with Gasteiger partial charge in [0.05, 0.1) is 0 Å². The molecular weight excluding hydrogens is 296 g/mol. The number of carboxylic acids is 1. The third kappa shape index (κ3) is 3.63. The summed E-state index contributed by atoms with van der Waals surface area (Å²) in [6, 6.07) is 0.953. The molecule has 2 N–H and O–H groups in total. The molecule has 1 aromatic heterocycles. The second-order valence-electron chi connectivity index (χ2n) is 5.34. The van der Waals surface area contributed by atoms with E-state index in [1.54, 1.807) is 0 Å². The van der Waals surface area contributed by atoms with Crippen molar-refractivity contribution in [3.8, 4) is 0 Å². The van der Waals surface area contributed by atoms with Crippen LogP contribution in [0.1, 0.15) is 30.3 Å². The van der Waals surface area contributed by atoms with Crippen LogP contribution in [0.2, 0.25) is 0 Å². The smallest absolute Gasteiger partial charge is 0.352 e. The number of hydrogen-bond donors (Lipinski definition) is 2. The summed E-state index contributed by atoms with van der Waals surface area (Å²) >= 11 is 0. The molecule has 118 valence electrons. The number of hydrogen-bond acceptors (Lipinski definition) is 4. The molecule has 1 fully saturated rings. The monoisotopic (exact) mass is 316 g/mol. The Morgan fingerprint density at radius 2 is 2.10 bits per heavy atom. The molecular formula is C13H20N2O5S. The van der Waals surface area contributed by atoms with Gasteiger partial charge in [0.15, 0.2) is 0 Å². The van der Waals surface area contributed by atoms with Crippen LogP contribution in [-0.2, 0) is 21.8 Å². The molecule has 1 aliphatic rings. The SMILES string of the molecule is CC(NS(=O)(=O)c1cc(C(=O)O)n(C)c1)C1CCOCC1. The maximum atomic E-state index is 12.3. The number of aromatic nitrogens is 1. The fraction of sp³-hybridized carbons (Fsp3) is 0.615. The van der Waals surface area contributed by atoms with Gasteiger partial charge in [0.2, 0.25) is 10.0 Å². The average Bonchev–Trinajstić information content (AvgIpc) is 2.82. The van der Waals surface area contributed by atoms with Gasteiger partial charge in [0.25, 0.3) is 0 Å². The first kappa shape index (κ1) is 16.0. The molecule has 0 spiro atoms. The van der Waals surface area contributed by atoms with Crippen molar-refractivity contribution in [2.75, 3.05) is 13.2 Å². The zero-order valence-corrected chi connectivity index (χ0v) is 12.9. The minimum absolute atomic E-state index is 0.0266. The Balaban J connectivity index is 2.14. The zero-order chi connectivity index (χ0) is 15.6. The van der Waals surface area contributed by atoms with Crippen molar-refractivity contribution in [2.24, 2.45) is 13.0 Å². The van der Waals surface area contributed by atoms with Gasteiger partial charge in [-0.05, 0) is 31.7 Å². The van der Waals surface area contributed by atoms with Crippen LogP contribution in [0, 0.1) is 5.92 Å². The number of nitrogens with one attached hydrogen (secondary N) is 1. The minimum Gasteiger partial charge on any atom is -0.477 e. The maximum absolute atomic E-state index is 12.3. The van der Waals surface area contributed by atoms with Crippen LogP contribution >= 0.6 is 0 Å². The lowest BCUT2D eigenvalue weighted by molar-refractivity contribution is 0.0585. The van der Waals surface area contributed by atoms with E-state index < -0.39 is 16.0 Å². The van der Waals surface area contributed by atoms with Crippen molar-refractivity contribution in [2.45, 2.75) is 30.7 Å². The Hall–Kier alpha value is -1.38. The average molecular weight is 316 g/mol. The molecule has 0 amide bonds. The third-order valence-electron chi connectivity index (χ3n) is 3.82. The van der Waals surface area contributed by atoms with Gasteiger partial charge in [0.1, 0.15) is 10.6 Å². The normalized spacial score (nSPS) is 18.6. The maximum Gasteiger partial charge on any atom is 0.352 e. The Morgan fingerprint density at radius 1 is 1.48 bits per heavy atom. The summed E-state index contributed by atoms with van der Waals surface area (Å²) in [7, 11) is -2.21. The largest absolute Gasteiger partial charge is 0.477 e. The quantitative estimate of drug-likeness (QED) is 0.838. The summed E-state index contributed by atoms with van der Waals surface area (Å²) < 4.78 is 33.8. The highest BCUT2D eigenvalue weighted by molar-refractivity contribution is 7.89. The second-order valence-corrected chi connectivity index (χ2v) is 7.05.